The molecule has 0 atom stereocenters. The minimum Gasteiger partial charge on any atom is -0.326 e. The number of carbonyl (C=O) groups is 1. The first-order valence-electron chi connectivity index (χ1n) is 6.98. The maximum Gasteiger partial charge on any atom is 0.226 e. The molecule has 0 unspecified atom stereocenters. The van der Waals surface area contributed by atoms with Gasteiger partial charge in [0.1, 0.15) is 0 Å². The van der Waals surface area contributed by atoms with E-state index in [1.165, 1.54) is 0 Å². The number of hydrogen-bond donors (Lipinski definition) is 2. The number of para-hydroxylation sites is 1. The standard InChI is InChI=1S/C16H24N2O/c1-15(2,3)12-7-4-5-8-13(12)18-14(19)11-16(17)9-6-10-16/h4-5,7-8H,6,9-11,17H2,1-3H3,(H,18,19). The summed E-state index contributed by atoms with van der Waals surface area (Å²) in [6, 6.07) is 7.98. The van der Waals surface area contributed by atoms with Crippen molar-refractivity contribution >= 4 is 11.6 Å². The fourth-order valence-corrected chi connectivity index (χ4v) is 2.57. The molecule has 1 amide bonds. The Kier molecular flexibility index (Phi) is 3.68. The predicted molar refractivity (Wildman–Crippen MR) is 79.2 cm³/mol. The summed E-state index contributed by atoms with van der Waals surface area (Å²) in [5.41, 5.74) is 7.93. The molecule has 3 heteroatoms. The minimum atomic E-state index is -0.263. The van der Waals surface area contributed by atoms with E-state index in [4.69, 9.17) is 5.73 Å². The lowest BCUT2D eigenvalue weighted by atomic mass is 9.75. The number of nitrogens with two attached hydrogens (primary N) is 1. The zero-order valence-electron chi connectivity index (χ0n) is 12.1. The van der Waals surface area contributed by atoms with Crippen LogP contribution >= 0.6 is 0 Å². The zero-order chi connectivity index (χ0) is 14.1. The van der Waals surface area contributed by atoms with Gasteiger partial charge in [0, 0.05) is 17.6 Å². The van der Waals surface area contributed by atoms with E-state index in [-0.39, 0.29) is 16.9 Å². The van der Waals surface area contributed by atoms with Crippen molar-refractivity contribution in [3.8, 4) is 0 Å². The summed E-state index contributed by atoms with van der Waals surface area (Å²) in [7, 11) is 0. The lowest BCUT2D eigenvalue weighted by Crippen LogP contribution is -2.49. The van der Waals surface area contributed by atoms with Gasteiger partial charge in [-0.2, -0.15) is 0 Å². The molecule has 0 saturated heterocycles. The van der Waals surface area contributed by atoms with Gasteiger partial charge in [-0.15, -0.1) is 0 Å². The van der Waals surface area contributed by atoms with Gasteiger partial charge in [-0.3, -0.25) is 4.79 Å². The minimum absolute atomic E-state index is 0.0146. The average molecular weight is 260 g/mol. The summed E-state index contributed by atoms with van der Waals surface area (Å²) in [5, 5.41) is 3.02. The third-order valence-corrected chi connectivity index (χ3v) is 3.87. The van der Waals surface area contributed by atoms with Crippen molar-refractivity contribution in [1.29, 1.82) is 0 Å². The van der Waals surface area contributed by atoms with Gasteiger partial charge in [0.2, 0.25) is 5.91 Å². The highest BCUT2D eigenvalue weighted by atomic mass is 16.1. The molecule has 19 heavy (non-hydrogen) atoms. The third-order valence-electron chi connectivity index (χ3n) is 3.87. The molecular weight excluding hydrogens is 236 g/mol. The Labute approximate surface area is 115 Å². The number of anilines is 1. The van der Waals surface area contributed by atoms with Crippen LogP contribution in [0.5, 0.6) is 0 Å². The van der Waals surface area contributed by atoms with E-state index in [0.29, 0.717) is 6.42 Å². The van der Waals surface area contributed by atoms with Gasteiger partial charge in [-0.05, 0) is 36.3 Å². The van der Waals surface area contributed by atoms with E-state index in [2.05, 4.69) is 32.2 Å². The first-order valence-corrected chi connectivity index (χ1v) is 6.98. The Morgan fingerprint density at radius 2 is 1.95 bits per heavy atom. The van der Waals surface area contributed by atoms with Crippen LogP contribution < -0.4 is 11.1 Å². The van der Waals surface area contributed by atoms with Crippen molar-refractivity contribution in [2.45, 2.75) is 57.4 Å². The van der Waals surface area contributed by atoms with Crippen LogP contribution in [0.25, 0.3) is 0 Å². The van der Waals surface area contributed by atoms with Gasteiger partial charge in [-0.25, -0.2) is 0 Å². The molecule has 1 aliphatic rings. The molecule has 104 valence electrons. The molecule has 0 bridgehead atoms. The molecule has 0 spiro atoms. The van der Waals surface area contributed by atoms with Gasteiger partial charge in [0.05, 0.1) is 0 Å². The van der Waals surface area contributed by atoms with Crippen molar-refractivity contribution in [3.63, 3.8) is 0 Å². The Morgan fingerprint density at radius 1 is 1.32 bits per heavy atom. The van der Waals surface area contributed by atoms with Crippen molar-refractivity contribution in [2.75, 3.05) is 5.32 Å². The predicted octanol–water partition coefficient (Wildman–Crippen LogP) is 3.19. The van der Waals surface area contributed by atoms with E-state index in [1.54, 1.807) is 0 Å². The van der Waals surface area contributed by atoms with Crippen LogP contribution in [-0.4, -0.2) is 11.4 Å². The number of rotatable bonds is 3. The molecule has 0 radical (unpaired) electrons. The van der Waals surface area contributed by atoms with E-state index in [1.807, 2.05) is 18.2 Å². The highest BCUT2D eigenvalue weighted by molar-refractivity contribution is 5.92. The summed E-state index contributed by atoms with van der Waals surface area (Å²) in [5.74, 6) is 0.0268. The van der Waals surface area contributed by atoms with E-state index in [0.717, 1.165) is 30.5 Å². The summed E-state index contributed by atoms with van der Waals surface area (Å²) in [4.78, 5) is 12.1. The van der Waals surface area contributed by atoms with Gasteiger partial charge < -0.3 is 11.1 Å². The number of amides is 1. The first kappa shape index (κ1) is 14.1. The molecule has 0 heterocycles. The van der Waals surface area contributed by atoms with E-state index >= 15 is 0 Å². The average Bonchev–Trinajstić information content (AvgIpc) is 2.26. The van der Waals surface area contributed by atoms with Gasteiger partial charge in [0.25, 0.3) is 0 Å². The quantitative estimate of drug-likeness (QED) is 0.877. The number of hydrogen-bond acceptors (Lipinski definition) is 2. The van der Waals surface area contributed by atoms with Gasteiger partial charge in [0.15, 0.2) is 0 Å². The fraction of sp³-hybridized carbons (Fsp3) is 0.562. The molecule has 1 aromatic carbocycles. The van der Waals surface area contributed by atoms with Crippen LogP contribution in [0.2, 0.25) is 0 Å². The third kappa shape index (κ3) is 3.35. The molecule has 0 aromatic heterocycles. The Bertz CT molecular complexity index is 470. The van der Waals surface area contributed by atoms with E-state index in [9.17, 15) is 4.79 Å². The van der Waals surface area contributed by atoms with E-state index < -0.39 is 0 Å². The number of nitrogens with one attached hydrogen (secondary N) is 1. The molecule has 1 aliphatic carbocycles. The van der Waals surface area contributed by atoms with Crippen LogP contribution in [0.3, 0.4) is 0 Å². The zero-order valence-corrected chi connectivity index (χ0v) is 12.1. The normalized spacial score (nSPS) is 17.7. The molecule has 3 nitrogen and oxygen atoms in total. The van der Waals surface area contributed by atoms with Crippen LogP contribution in [0.15, 0.2) is 24.3 Å². The van der Waals surface area contributed by atoms with Crippen LogP contribution in [-0.2, 0) is 10.2 Å². The molecule has 1 saturated carbocycles. The number of benzene rings is 1. The smallest absolute Gasteiger partial charge is 0.226 e. The SMILES string of the molecule is CC(C)(C)c1ccccc1NC(=O)CC1(N)CCC1. The van der Waals surface area contributed by atoms with Crippen LogP contribution in [0, 0.1) is 0 Å². The Morgan fingerprint density at radius 3 is 2.47 bits per heavy atom. The van der Waals surface area contributed by atoms with Crippen molar-refractivity contribution < 1.29 is 4.79 Å². The van der Waals surface area contributed by atoms with Gasteiger partial charge in [-0.1, -0.05) is 39.0 Å². The molecule has 3 N–H and O–H groups in total. The first-order chi connectivity index (χ1) is 8.80. The van der Waals surface area contributed by atoms with Gasteiger partial charge >= 0.3 is 0 Å². The molecular formula is C16H24N2O. The van der Waals surface area contributed by atoms with Crippen LogP contribution in [0.1, 0.15) is 52.0 Å². The maximum atomic E-state index is 12.1. The summed E-state index contributed by atoms with van der Waals surface area (Å²) >= 11 is 0. The molecule has 0 aliphatic heterocycles. The fourth-order valence-electron chi connectivity index (χ4n) is 2.57. The Balaban J connectivity index is 2.08. The lowest BCUT2D eigenvalue weighted by molar-refractivity contribution is -0.118. The van der Waals surface area contributed by atoms with Crippen molar-refractivity contribution in [2.24, 2.45) is 5.73 Å². The van der Waals surface area contributed by atoms with Crippen molar-refractivity contribution in [3.05, 3.63) is 29.8 Å². The summed E-state index contributed by atoms with van der Waals surface area (Å²) in [6.45, 7) is 6.44. The second-order valence-electron chi connectivity index (χ2n) is 6.74. The topological polar surface area (TPSA) is 55.1 Å². The molecule has 1 fully saturated rings. The van der Waals surface area contributed by atoms with Crippen molar-refractivity contribution in [1.82, 2.24) is 0 Å². The second-order valence-corrected chi connectivity index (χ2v) is 6.74. The summed E-state index contributed by atoms with van der Waals surface area (Å²) < 4.78 is 0. The second kappa shape index (κ2) is 4.97. The maximum absolute atomic E-state index is 12.1. The number of carbonyl (C=O) groups excluding carboxylic acids is 1. The highest BCUT2D eigenvalue weighted by Gasteiger charge is 2.34. The van der Waals surface area contributed by atoms with Crippen LogP contribution in [0.4, 0.5) is 5.69 Å². The Hall–Kier alpha value is -1.35. The monoisotopic (exact) mass is 260 g/mol. The largest absolute Gasteiger partial charge is 0.326 e. The molecule has 1 aromatic rings. The lowest BCUT2D eigenvalue weighted by Gasteiger charge is -2.37. The molecule has 2 rings (SSSR count). The summed E-state index contributed by atoms with van der Waals surface area (Å²) in [6.07, 6.45) is 3.48. The highest BCUT2D eigenvalue weighted by Crippen LogP contribution is 2.33.